The highest BCUT2D eigenvalue weighted by Crippen LogP contribution is 2.27. The van der Waals surface area contributed by atoms with Crippen LogP contribution in [0.5, 0.6) is 0 Å². The first-order chi connectivity index (χ1) is 12.1. The SMILES string of the molecule is CN(C)c1cccc([C@H]2CN(C(=O)c3n[nH]c4c3CCC4)CCO2)n1. The highest BCUT2D eigenvalue weighted by molar-refractivity contribution is 5.94. The lowest BCUT2D eigenvalue weighted by Gasteiger charge is -2.32. The standard InChI is InChI=1S/C18H23N5O2/c1-22(2)16-8-4-7-14(19-16)15-11-23(9-10-25-15)18(24)17-12-5-3-6-13(12)20-21-17/h4,7-8,15H,3,5-6,9-11H2,1-2H3,(H,20,21)/t15-/m1/s1. The van der Waals surface area contributed by atoms with E-state index >= 15 is 0 Å². The minimum Gasteiger partial charge on any atom is -0.368 e. The number of hydrogen-bond donors (Lipinski definition) is 1. The zero-order chi connectivity index (χ0) is 17.4. The van der Waals surface area contributed by atoms with Crippen LogP contribution in [-0.2, 0) is 17.6 Å². The van der Waals surface area contributed by atoms with E-state index in [0.717, 1.165) is 42.0 Å². The van der Waals surface area contributed by atoms with Gasteiger partial charge in [-0.2, -0.15) is 5.10 Å². The van der Waals surface area contributed by atoms with Crippen LogP contribution in [0.1, 0.15) is 40.0 Å². The van der Waals surface area contributed by atoms with Gasteiger partial charge in [0.2, 0.25) is 0 Å². The Morgan fingerprint density at radius 3 is 3.08 bits per heavy atom. The van der Waals surface area contributed by atoms with Crippen molar-refractivity contribution < 1.29 is 9.53 Å². The molecule has 132 valence electrons. The molecule has 3 heterocycles. The number of rotatable bonds is 3. The molecule has 2 aliphatic rings. The lowest BCUT2D eigenvalue weighted by atomic mass is 10.1. The van der Waals surface area contributed by atoms with Gasteiger partial charge in [0.05, 0.1) is 18.8 Å². The summed E-state index contributed by atoms with van der Waals surface area (Å²) in [6.45, 7) is 1.60. The minimum atomic E-state index is -0.204. The molecule has 4 rings (SSSR count). The molecule has 25 heavy (non-hydrogen) atoms. The molecule has 7 heteroatoms. The number of carbonyl (C=O) groups excluding carboxylic acids is 1. The predicted octanol–water partition coefficient (Wildman–Crippen LogP) is 1.57. The third kappa shape index (κ3) is 3.00. The number of ether oxygens (including phenoxy) is 1. The number of morpholine rings is 1. The number of pyridine rings is 1. The Hall–Kier alpha value is -2.41. The van der Waals surface area contributed by atoms with Gasteiger partial charge in [-0.1, -0.05) is 6.07 Å². The van der Waals surface area contributed by atoms with Gasteiger partial charge in [0.1, 0.15) is 11.9 Å². The Labute approximate surface area is 147 Å². The van der Waals surface area contributed by atoms with Crippen molar-refractivity contribution in [3.8, 4) is 0 Å². The first-order valence-electron chi connectivity index (χ1n) is 8.75. The molecule has 1 saturated heterocycles. The molecule has 7 nitrogen and oxygen atoms in total. The van der Waals surface area contributed by atoms with E-state index < -0.39 is 0 Å². The molecule has 0 aromatic carbocycles. The molecule has 2 aromatic rings. The van der Waals surface area contributed by atoms with Crippen molar-refractivity contribution >= 4 is 11.7 Å². The Kier molecular flexibility index (Phi) is 4.17. The van der Waals surface area contributed by atoms with E-state index in [4.69, 9.17) is 4.74 Å². The average molecular weight is 341 g/mol. The molecule has 1 aliphatic carbocycles. The van der Waals surface area contributed by atoms with Gasteiger partial charge in [-0.05, 0) is 31.4 Å². The van der Waals surface area contributed by atoms with Crippen LogP contribution in [0.25, 0.3) is 0 Å². The topological polar surface area (TPSA) is 74.3 Å². The third-order valence-electron chi connectivity index (χ3n) is 4.91. The second kappa shape index (κ2) is 6.48. The van der Waals surface area contributed by atoms with Crippen LogP contribution >= 0.6 is 0 Å². The summed E-state index contributed by atoms with van der Waals surface area (Å²) in [5, 5.41) is 7.29. The molecule has 2 aromatic heterocycles. The van der Waals surface area contributed by atoms with Crippen molar-refractivity contribution in [3.63, 3.8) is 0 Å². The summed E-state index contributed by atoms with van der Waals surface area (Å²) in [7, 11) is 3.92. The maximum atomic E-state index is 12.9. The molecule has 1 aliphatic heterocycles. The van der Waals surface area contributed by atoms with E-state index in [1.165, 1.54) is 0 Å². The van der Waals surface area contributed by atoms with Crippen LogP contribution in [0.15, 0.2) is 18.2 Å². The van der Waals surface area contributed by atoms with Crippen molar-refractivity contribution in [2.75, 3.05) is 38.7 Å². The van der Waals surface area contributed by atoms with E-state index in [0.29, 0.717) is 25.4 Å². The lowest BCUT2D eigenvalue weighted by Crippen LogP contribution is -2.43. The molecular weight excluding hydrogens is 318 g/mol. The lowest BCUT2D eigenvalue weighted by molar-refractivity contribution is -0.0249. The summed E-state index contributed by atoms with van der Waals surface area (Å²) < 4.78 is 5.89. The summed E-state index contributed by atoms with van der Waals surface area (Å²) in [6.07, 6.45) is 2.82. The molecule has 1 N–H and O–H groups in total. The second-order valence-corrected chi connectivity index (χ2v) is 6.81. The number of aromatic amines is 1. The van der Waals surface area contributed by atoms with Gasteiger partial charge in [-0.3, -0.25) is 9.89 Å². The number of nitrogens with zero attached hydrogens (tertiary/aromatic N) is 4. The number of carbonyl (C=O) groups is 1. The van der Waals surface area contributed by atoms with E-state index in [1.54, 1.807) is 0 Å². The largest absolute Gasteiger partial charge is 0.368 e. The maximum absolute atomic E-state index is 12.9. The summed E-state index contributed by atoms with van der Waals surface area (Å²) in [5.41, 5.74) is 3.66. The molecule has 0 saturated carbocycles. The van der Waals surface area contributed by atoms with Crippen molar-refractivity contribution in [3.05, 3.63) is 40.8 Å². The normalized spacial score (nSPS) is 19.8. The Balaban J connectivity index is 1.53. The number of aromatic nitrogens is 3. The molecule has 0 spiro atoms. The smallest absolute Gasteiger partial charge is 0.274 e. The van der Waals surface area contributed by atoms with E-state index in [-0.39, 0.29) is 12.0 Å². The molecule has 1 atom stereocenters. The molecule has 1 fully saturated rings. The first kappa shape index (κ1) is 16.1. The van der Waals surface area contributed by atoms with Gasteiger partial charge < -0.3 is 14.5 Å². The Morgan fingerprint density at radius 1 is 1.36 bits per heavy atom. The van der Waals surface area contributed by atoms with Gasteiger partial charge in [0.25, 0.3) is 5.91 Å². The Bertz CT molecular complexity index is 786. The van der Waals surface area contributed by atoms with Gasteiger partial charge in [0.15, 0.2) is 5.69 Å². The summed E-state index contributed by atoms with van der Waals surface area (Å²) in [5.74, 6) is 0.881. The zero-order valence-electron chi connectivity index (χ0n) is 14.7. The number of hydrogen-bond acceptors (Lipinski definition) is 5. The third-order valence-corrected chi connectivity index (χ3v) is 4.91. The van der Waals surface area contributed by atoms with Crippen LogP contribution in [-0.4, -0.2) is 59.8 Å². The number of anilines is 1. The maximum Gasteiger partial charge on any atom is 0.274 e. The van der Waals surface area contributed by atoms with Crippen molar-refractivity contribution in [2.24, 2.45) is 0 Å². The molecule has 1 amide bonds. The second-order valence-electron chi connectivity index (χ2n) is 6.81. The van der Waals surface area contributed by atoms with Gasteiger partial charge in [-0.25, -0.2) is 4.98 Å². The number of nitrogens with one attached hydrogen (secondary N) is 1. The monoisotopic (exact) mass is 341 g/mol. The summed E-state index contributed by atoms with van der Waals surface area (Å²) in [4.78, 5) is 21.4. The zero-order valence-corrected chi connectivity index (χ0v) is 14.7. The van der Waals surface area contributed by atoms with Crippen molar-refractivity contribution in [2.45, 2.75) is 25.4 Å². The van der Waals surface area contributed by atoms with Crippen LogP contribution in [0.4, 0.5) is 5.82 Å². The number of amides is 1. The predicted molar refractivity (Wildman–Crippen MR) is 93.8 cm³/mol. The van der Waals surface area contributed by atoms with Crippen LogP contribution < -0.4 is 4.90 Å². The van der Waals surface area contributed by atoms with E-state index in [2.05, 4.69) is 15.2 Å². The summed E-state index contributed by atoms with van der Waals surface area (Å²) in [6, 6.07) is 5.89. The number of fused-ring (bicyclic) bond motifs is 1. The summed E-state index contributed by atoms with van der Waals surface area (Å²) >= 11 is 0. The average Bonchev–Trinajstić information content (AvgIpc) is 3.25. The van der Waals surface area contributed by atoms with E-state index in [1.807, 2.05) is 42.1 Å². The minimum absolute atomic E-state index is 0.00327. The van der Waals surface area contributed by atoms with Crippen LogP contribution in [0.3, 0.4) is 0 Å². The van der Waals surface area contributed by atoms with Gasteiger partial charge in [-0.15, -0.1) is 0 Å². The fourth-order valence-electron chi connectivity index (χ4n) is 3.53. The van der Waals surface area contributed by atoms with Crippen molar-refractivity contribution in [1.82, 2.24) is 20.1 Å². The quantitative estimate of drug-likeness (QED) is 0.917. The molecule has 0 radical (unpaired) electrons. The highest BCUT2D eigenvalue weighted by atomic mass is 16.5. The fraction of sp³-hybridized carbons (Fsp3) is 0.500. The first-order valence-corrected chi connectivity index (χ1v) is 8.75. The van der Waals surface area contributed by atoms with Crippen molar-refractivity contribution in [1.29, 1.82) is 0 Å². The van der Waals surface area contributed by atoms with Gasteiger partial charge in [0, 0.05) is 31.9 Å². The van der Waals surface area contributed by atoms with Gasteiger partial charge >= 0.3 is 0 Å². The molecular formula is C18H23N5O2. The Morgan fingerprint density at radius 2 is 2.24 bits per heavy atom. The highest BCUT2D eigenvalue weighted by Gasteiger charge is 2.31. The fourth-order valence-corrected chi connectivity index (χ4v) is 3.53. The van der Waals surface area contributed by atoms with E-state index in [9.17, 15) is 4.79 Å². The molecule has 0 unspecified atom stereocenters. The molecule has 0 bridgehead atoms. The number of aryl methyl sites for hydroxylation is 1. The van der Waals surface area contributed by atoms with Crippen LogP contribution in [0, 0.1) is 0 Å². The van der Waals surface area contributed by atoms with Crippen LogP contribution in [0.2, 0.25) is 0 Å². The number of H-pyrrole nitrogens is 1.